The van der Waals surface area contributed by atoms with Crippen molar-refractivity contribution in [2.24, 2.45) is 0 Å². The molecule has 0 aliphatic carbocycles. The van der Waals surface area contributed by atoms with Crippen molar-refractivity contribution < 1.29 is 79.0 Å². The lowest BCUT2D eigenvalue weighted by Gasteiger charge is -2.29. The maximum atomic E-state index is 12.8. The van der Waals surface area contributed by atoms with E-state index < -0.39 is 54.6 Å². The van der Waals surface area contributed by atoms with Crippen LogP contribution in [-0.4, -0.2) is 43.2 Å². The molecule has 0 nitrogen and oxygen atoms in total. The summed E-state index contributed by atoms with van der Waals surface area (Å²) in [5, 5.41) is 0. The van der Waals surface area contributed by atoms with Gasteiger partial charge in [-0.3, -0.25) is 0 Å². The van der Waals surface area contributed by atoms with Gasteiger partial charge < -0.3 is 0 Å². The molecule has 0 saturated carbocycles. The third-order valence-electron chi connectivity index (χ3n) is 2.15. The fourth-order valence-corrected chi connectivity index (χ4v) is 0.876. The van der Waals surface area contributed by atoms with Crippen LogP contribution in [0.3, 0.4) is 0 Å². The van der Waals surface area contributed by atoms with Gasteiger partial charge in [-0.15, -0.1) is 0 Å². The normalized spacial score (nSPS) is 15.8. The zero-order valence-corrected chi connectivity index (χ0v) is 11.5. The Kier molecular flexibility index (Phi) is 8.05. The van der Waals surface area contributed by atoms with Crippen molar-refractivity contribution in [3.63, 3.8) is 0 Å². The highest BCUT2D eigenvalue weighted by Gasteiger charge is 2.76. The first-order chi connectivity index (χ1) is 11.4. The molecule has 0 aliphatic heterocycles. The molecular formula is C9H2F18. The second-order valence-electron chi connectivity index (χ2n) is 4.07. The molecule has 0 bridgehead atoms. The van der Waals surface area contributed by atoms with Gasteiger partial charge in [0, 0.05) is 0 Å². The van der Waals surface area contributed by atoms with Gasteiger partial charge in [0.25, 0.3) is 0 Å². The lowest BCUT2D eigenvalue weighted by atomic mass is 9.99. The minimum atomic E-state index is -7.08. The van der Waals surface area contributed by atoms with Crippen LogP contribution in [0.2, 0.25) is 0 Å². The predicted molar refractivity (Wildman–Crippen MR) is 48.2 cm³/mol. The quantitative estimate of drug-likeness (QED) is 0.410. The fraction of sp³-hybridized carbons (Fsp3) is 0.778. The number of hydrogen-bond acceptors (Lipinski definition) is 0. The SMILES string of the molecule is FC(F)(F)C(F)(F)F.FC/C(=C(\F)C(F)(C(F)(F)F)C(F)(F)F)C(F)(F)F. The number of halogens is 18. The van der Waals surface area contributed by atoms with E-state index in [9.17, 15) is 79.0 Å². The smallest absolute Gasteiger partial charge is 0.246 e. The van der Waals surface area contributed by atoms with Crippen LogP contribution in [0.5, 0.6) is 0 Å². The fourth-order valence-electron chi connectivity index (χ4n) is 0.876. The second kappa shape index (κ2) is 7.84. The molecule has 18 heteroatoms. The van der Waals surface area contributed by atoms with Gasteiger partial charge in [-0.05, 0) is 0 Å². The number of rotatable bonds is 2. The molecule has 0 aliphatic rings. The van der Waals surface area contributed by atoms with Crippen molar-refractivity contribution in [2.45, 2.75) is 36.6 Å². The molecule has 0 spiro atoms. The summed E-state index contributed by atoms with van der Waals surface area (Å²) in [6.45, 7) is -3.09. The molecule has 0 amide bonds. The second-order valence-corrected chi connectivity index (χ2v) is 4.07. The van der Waals surface area contributed by atoms with Gasteiger partial charge in [0.15, 0.2) is 5.83 Å². The largest absolute Gasteiger partial charge is 0.487 e. The minimum Gasteiger partial charge on any atom is -0.246 e. The summed E-state index contributed by atoms with van der Waals surface area (Å²) in [5.74, 6) is -4.32. The van der Waals surface area contributed by atoms with E-state index in [0.29, 0.717) is 0 Å². The molecule has 0 aromatic rings. The minimum absolute atomic E-state index is 3.09. The Morgan fingerprint density at radius 1 is 0.481 bits per heavy atom. The summed E-state index contributed by atoms with van der Waals surface area (Å²) < 4.78 is 207. The molecule has 0 N–H and O–H groups in total. The zero-order valence-electron chi connectivity index (χ0n) is 11.5. The van der Waals surface area contributed by atoms with E-state index >= 15 is 0 Å². The van der Waals surface area contributed by atoms with Gasteiger partial charge in [0.2, 0.25) is 0 Å². The Morgan fingerprint density at radius 2 is 0.741 bits per heavy atom. The zero-order chi connectivity index (χ0) is 22.9. The van der Waals surface area contributed by atoms with Crippen molar-refractivity contribution in [1.82, 2.24) is 0 Å². The van der Waals surface area contributed by atoms with E-state index in [4.69, 9.17) is 0 Å². The standard InChI is InChI=1S/C7H2F12.C2F6/c8-1-2(5(11,12)13)3(9)4(10,6(14,15)16)7(17,18)19;3-1(4,5)2(6,7)8/h1H2;/b3-2+;. The molecule has 0 unspecified atom stereocenters. The molecule has 27 heavy (non-hydrogen) atoms. The topological polar surface area (TPSA) is 0 Å². The summed E-state index contributed by atoms with van der Waals surface area (Å²) >= 11 is 0. The molecule has 0 rings (SSSR count). The van der Waals surface area contributed by atoms with Crippen molar-refractivity contribution in [2.75, 3.05) is 6.67 Å². The molecule has 0 atom stereocenters. The van der Waals surface area contributed by atoms with Crippen LogP contribution in [0.4, 0.5) is 79.0 Å². The van der Waals surface area contributed by atoms with Gasteiger partial charge in [-0.25, -0.2) is 13.2 Å². The van der Waals surface area contributed by atoms with E-state index in [1.165, 1.54) is 0 Å². The average molecular weight is 452 g/mol. The maximum Gasteiger partial charge on any atom is 0.487 e. The van der Waals surface area contributed by atoms with Crippen LogP contribution < -0.4 is 0 Å². The van der Waals surface area contributed by atoms with Gasteiger partial charge in [-0.1, -0.05) is 0 Å². The predicted octanol–water partition coefficient (Wildman–Crippen LogP) is 6.69. The van der Waals surface area contributed by atoms with Crippen molar-refractivity contribution in [3.05, 3.63) is 11.4 Å². The first-order valence-electron chi connectivity index (χ1n) is 5.33. The van der Waals surface area contributed by atoms with Crippen LogP contribution in [0.25, 0.3) is 0 Å². The third-order valence-corrected chi connectivity index (χ3v) is 2.15. The number of allylic oxidation sites excluding steroid dienone is 2. The van der Waals surface area contributed by atoms with Crippen LogP contribution >= 0.6 is 0 Å². The molecule has 0 aromatic heterocycles. The van der Waals surface area contributed by atoms with Crippen LogP contribution in [0.15, 0.2) is 11.4 Å². The van der Waals surface area contributed by atoms with Crippen LogP contribution in [0, 0.1) is 0 Å². The van der Waals surface area contributed by atoms with Gasteiger partial charge in [0.1, 0.15) is 6.67 Å². The molecule has 0 saturated heterocycles. The van der Waals surface area contributed by atoms with E-state index in [2.05, 4.69) is 0 Å². The third kappa shape index (κ3) is 6.54. The highest BCUT2D eigenvalue weighted by molar-refractivity contribution is 5.27. The van der Waals surface area contributed by atoms with Crippen LogP contribution in [-0.2, 0) is 0 Å². The molecule has 0 heterocycles. The summed E-state index contributed by atoms with van der Waals surface area (Å²) in [4.78, 5) is 0. The van der Waals surface area contributed by atoms with E-state index in [-0.39, 0.29) is 0 Å². The van der Waals surface area contributed by atoms with Crippen molar-refractivity contribution in [3.8, 4) is 0 Å². The Hall–Kier alpha value is -1.52. The first kappa shape index (κ1) is 27.7. The summed E-state index contributed by atoms with van der Waals surface area (Å²) in [6.07, 6.45) is -32.5. The lowest BCUT2D eigenvalue weighted by Crippen LogP contribution is -2.54. The van der Waals surface area contributed by atoms with E-state index in [1.54, 1.807) is 0 Å². The molecule has 0 aromatic carbocycles. The van der Waals surface area contributed by atoms with Crippen LogP contribution in [0.1, 0.15) is 0 Å². The Bertz CT molecular complexity index is 477. The summed E-state index contributed by atoms with van der Waals surface area (Å²) in [7, 11) is 0. The number of alkyl halides is 17. The lowest BCUT2D eigenvalue weighted by molar-refractivity contribution is -0.339. The summed E-state index contributed by atoms with van der Waals surface area (Å²) in [6, 6.07) is 0. The van der Waals surface area contributed by atoms with Gasteiger partial charge in [0.05, 0.1) is 5.57 Å². The Morgan fingerprint density at radius 3 is 0.852 bits per heavy atom. The van der Waals surface area contributed by atoms with E-state index in [1.807, 2.05) is 0 Å². The maximum absolute atomic E-state index is 12.8. The molecule has 164 valence electrons. The summed E-state index contributed by atoms with van der Waals surface area (Å²) in [5.41, 5.74) is -10.5. The molecule has 0 fully saturated rings. The number of hydrogen-bond donors (Lipinski definition) is 0. The highest BCUT2D eigenvalue weighted by Crippen LogP contribution is 2.53. The van der Waals surface area contributed by atoms with Gasteiger partial charge >= 0.3 is 36.6 Å². The molecular weight excluding hydrogens is 450 g/mol. The highest BCUT2D eigenvalue weighted by atomic mass is 19.5. The Labute approximate surface area is 135 Å². The molecule has 0 radical (unpaired) electrons. The van der Waals surface area contributed by atoms with E-state index in [0.717, 1.165) is 0 Å². The average Bonchev–Trinajstić information content (AvgIpc) is 2.31. The van der Waals surface area contributed by atoms with Crippen molar-refractivity contribution >= 4 is 0 Å². The Balaban J connectivity index is 0. The van der Waals surface area contributed by atoms with Crippen molar-refractivity contribution in [1.29, 1.82) is 0 Å². The van der Waals surface area contributed by atoms with Gasteiger partial charge in [-0.2, -0.15) is 65.9 Å². The first-order valence-corrected chi connectivity index (χ1v) is 5.33. The monoisotopic (exact) mass is 452 g/mol.